The van der Waals surface area contributed by atoms with Gasteiger partial charge in [-0.05, 0) is 30.3 Å². The normalized spacial score (nSPS) is 11.5. The molecule has 7 heteroatoms. The number of carbonyl (C=O) groups excluding carboxylic acids is 1. The molecule has 2 aromatic carbocycles. The summed E-state index contributed by atoms with van der Waals surface area (Å²) in [5.41, 5.74) is 3.70. The Kier molecular flexibility index (Phi) is 3.68. The third-order valence-corrected chi connectivity index (χ3v) is 3.90. The average molecular weight is 335 g/mol. The summed E-state index contributed by atoms with van der Waals surface area (Å²) in [6.07, 6.45) is 0. The van der Waals surface area contributed by atoms with E-state index in [0.29, 0.717) is 17.2 Å². The van der Waals surface area contributed by atoms with Crippen LogP contribution in [0.5, 0.6) is 0 Å². The Labute approximate surface area is 143 Å². The molecule has 7 nitrogen and oxygen atoms in total. The van der Waals surface area contributed by atoms with Crippen LogP contribution in [-0.4, -0.2) is 25.9 Å². The zero-order valence-corrected chi connectivity index (χ0v) is 13.9. The van der Waals surface area contributed by atoms with Crippen molar-refractivity contribution in [3.8, 4) is 0 Å². The number of rotatable bonds is 4. The molecule has 0 spiro atoms. The zero-order chi connectivity index (χ0) is 17.4. The van der Waals surface area contributed by atoms with Crippen LogP contribution in [0.4, 0.5) is 5.69 Å². The number of hydrogen-bond donors (Lipinski definition) is 1. The molecular formula is C18H17N5O2. The maximum atomic E-state index is 12.3. The number of nitrogens with one attached hydrogen (secondary N) is 1. The highest BCUT2D eigenvalue weighted by atomic mass is 16.3. The van der Waals surface area contributed by atoms with Crippen LogP contribution in [0.25, 0.3) is 22.1 Å². The van der Waals surface area contributed by atoms with E-state index in [2.05, 4.69) is 20.6 Å². The van der Waals surface area contributed by atoms with Crippen molar-refractivity contribution in [3.63, 3.8) is 0 Å². The van der Waals surface area contributed by atoms with E-state index in [-0.39, 0.29) is 18.4 Å². The van der Waals surface area contributed by atoms with E-state index in [0.717, 1.165) is 16.6 Å². The van der Waals surface area contributed by atoms with E-state index < -0.39 is 0 Å². The van der Waals surface area contributed by atoms with Gasteiger partial charge in [-0.2, -0.15) is 0 Å². The van der Waals surface area contributed by atoms with Crippen molar-refractivity contribution in [1.82, 2.24) is 20.0 Å². The van der Waals surface area contributed by atoms with Crippen LogP contribution in [0.3, 0.4) is 0 Å². The first kappa shape index (κ1) is 15.3. The minimum Gasteiger partial charge on any atom is -0.440 e. The first-order valence-electron chi connectivity index (χ1n) is 8.09. The van der Waals surface area contributed by atoms with Crippen LogP contribution in [0.1, 0.15) is 25.7 Å². The summed E-state index contributed by atoms with van der Waals surface area (Å²) in [6.45, 7) is 4.14. The van der Waals surface area contributed by atoms with Gasteiger partial charge in [0.1, 0.15) is 17.6 Å². The molecule has 4 aromatic rings. The van der Waals surface area contributed by atoms with Gasteiger partial charge in [0, 0.05) is 11.6 Å². The highest BCUT2D eigenvalue weighted by molar-refractivity contribution is 5.93. The Morgan fingerprint density at radius 3 is 2.88 bits per heavy atom. The molecule has 2 aromatic heterocycles. The Bertz CT molecular complexity index is 1060. The van der Waals surface area contributed by atoms with E-state index in [1.807, 2.05) is 50.2 Å². The molecule has 1 N–H and O–H groups in total. The Hall–Kier alpha value is -3.22. The summed E-state index contributed by atoms with van der Waals surface area (Å²) < 4.78 is 7.26. The van der Waals surface area contributed by atoms with E-state index >= 15 is 0 Å². The Morgan fingerprint density at radius 2 is 2.04 bits per heavy atom. The van der Waals surface area contributed by atoms with Crippen molar-refractivity contribution in [2.24, 2.45) is 0 Å². The van der Waals surface area contributed by atoms with Crippen LogP contribution in [0.15, 0.2) is 46.9 Å². The van der Waals surface area contributed by atoms with Crippen molar-refractivity contribution in [2.75, 3.05) is 5.32 Å². The first-order chi connectivity index (χ1) is 12.1. The number of carbonyl (C=O) groups is 1. The second kappa shape index (κ2) is 6.01. The molecule has 0 aliphatic carbocycles. The van der Waals surface area contributed by atoms with Crippen molar-refractivity contribution >= 4 is 33.7 Å². The van der Waals surface area contributed by atoms with Gasteiger partial charge in [0.15, 0.2) is 11.5 Å². The van der Waals surface area contributed by atoms with Crippen LogP contribution in [0, 0.1) is 0 Å². The lowest BCUT2D eigenvalue weighted by Gasteiger charge is -2.05. The fraction of sp³-hybridized carbons (Fsp3) is 0.222. The SMILES string of the molecule is CC(C)c1nc2cc(NC(=O)Cn3nnc4ccccc43)ccc2o1. The molecule has 1 amide bonds. The van der Waals surface area contributed by atoms with Gasteiger partial charge >= 0.3 is 0 Å². The maximum Gasteiger partial charge on any atom is 0.246 e. The van der Waals surface area contributed by atoms with Gasteiger partial charge in [-0.15, -0.1) is 5.10 Å². The molecule has 0 unspecified atom stereocenters. The van der Waals surface area contributed by atoms with Crippen molar-refractivity contribution < 1.29 is 9.21 Å². The molecule has 4 rings (SSSR count). The van der Waals surface area contributed by atoms with Crippen LogP contribution < -0.4 is 5.32 Å². The maximum absolute atomic E-state index is 12.3. The Balaban J connectivity index is 1.53. The van der Waals surface area contributed by atoms with Crippen LogP contribution in [-0.2, 0) is 11.3 Å². The molecule has 0 aliphatic heterocycles. The number of aromatic nitrogens is 4. The third kappa shape index (κ3) is 2.96. The fourth-order valence-electron chi connectivity index (χ4n) is 2.64. The monoisotopic (exact) mass is 335 g/mol. The molecule has 126 valence electrons. The Morgan fingerprint density at radius 1 is 1.20 bits per heavy atom. The van der Waals surface area contributed by atoms with E-state index in [1.165, 1.54) is 0 Å². The summed E-state index contributed by atoms with van der Waals surface area (Å²) in [7, 11) is 0. The van der Waals surface area contributed by atoms with Gasteiger partial charge in [0.05, 0.1) is 5.52 Å². The topological polar surface area (TPSA) is 85.8 Å². The van der Waals surface area contributed by atoms with Gasteiger partial charge in [-0.1, -0.05) is 31.2 Å². The number of oxazole rings is 1. The number of hydrogen-bond acceptors (Lipinski definition) is 5. The van der Waals surface area contributed by atoms with Crippen LogP contribution in [0.2, 0.25) is 0 Å². The second-order valence-corrected chi connectivity index (χ2v) is 6.17. The third-order valence-electron chi connectivity index (χ3n) is 3.90. The van der Waals surface area contributed by atoms with Gasteiger partial charge in [0.2, 0.25) is 5.91 Å². The number of anilines is 1. The number of amides is 1. The quantitative estimate of drug-likeness (QED) is 0.618. The lowest BCUT2D eigenvalue weighted by molar-refractivity contribution is -0.116. The first-order valence-corrected chi connectivity index (χ1v) is 8.09. The van der Waals surface area contributed by atoms with E-state index in [9.17, 15) is 4.79 Å². The lowest BCUT2D eigenvalue weighted by atomic mass is 10.2. The summed E-state index contributed by atoms with van der Waals surface area (Å²) in [4.78, 5) is 16.8. The number of fused-ring (bicyclic) bond motifs is 2. The van der Waals surface area contributed by atoms with Crippen molar-refractivity contribution in [2.45, 2.75) is 26.3 Å². The largest absolute Gasteiger partial charge is 0.440 e. The molecule has 2 heterocycles. The molecule has 0 bridgehead atoms. The predicted molar refractivity (Wildman–Crippen MR) is 94.3 cm³/mol. The highest BCUT2D eigenvalue weighted by Gasteiger charge is 2.12. The fourth-order valence-corrected chi connectivity index (χ4v) is 2.64. The second-order valence-electron chi connectivity index (χ2n) is 6.17. The minimum atomic E-state index is -0.178. The summed E-state index contributed by atoms with van der Waals surface area (Å²) in [5, 5.41) is 10.9. The molecule has 25 heavy (non-hydrogen) atoms. The van der Waals surface area contributed by atoms with Gasteiger partial charge in [-0.25, -0.2) is 9.67 Å². The van der Waals surface area contributed by atoms with Crippen molar-refractivity contribution in [1.29, 1.82) is 0 Å². The lowest BCUT2D eigenvalue weighted by Crippen LogP contribution is -2.19. The number of benzene rings is 2. The molecule has 0 aliphatic rings. The zero-order valence-electron chi connectivity index (χ0n) is 13.9. The van der Waals surface area contributed by atoms with Crippen molar-refractivity contribution in [3.05, 3.63) is 48.4 Å². The smallest absolute Gasteiger partial charge is 0.246 e. The summed E-state index contributed by atoms with van der Waals surface area (Å²) >= 11 is 0. The summed E-state index contributed by atoms with van der Waals surface area (Å²) in [6, 6.07) is 13.0. The molecule has 0 radical (unpaired) electrons. The molecular weight excluding hydrogens is 318 g/mol. The number of nitrogens with zero attached hydrogens (tertiary/aromatic N) is 4. The van der Waals surface area contributed by atoms with E-state index in [4.69, 9.17) is 4.42 Å². The molecule has 0 saturated carbocycles. The predicted octanol–water partition coefficient (Wildman–Crippen LogP) is 3.33. The van der Waals surface area contributed by atoms with Gasteiger partial charge in [0.25, 0.3) is 0 Å². The van der Waals surface area contributed by atoms with Gasteiger partial charge < -0.3 is 9.73 Å². The number of para-hydroxylation sites is 1. The molecule has 0 saturated heterocycles. The summed E-state index contributed by atoms with van der Waals surface area (Å²) in [5.74, 6) is 0.723. The van der Waals surface area contributed by atoms with E-state index in [1.54, 1.807) is 10.7 Å². The molecule has 0 atom stereocenters. The van der Waals surface area contributed by atoms with Crippen LogP contribution >= 0.6 is 0 Å². The minimum absolute atomic E-state index is 0.0919. The highest BCUT2D eigenvalue weighted by Crippen LogP contribution is 2.23. The molecule has 0 fully saturated rings. The average Bonchev–Trinajstić information content (AvgIpc) is 3.19. The standard InChI is InChI=1S/C18H17N5O2/c1-11(2)18-20-14-9-12(7-8-16(14)25-18)19-17(24)10-23-15-6-4-3-5-13(15)21-22-23/h3-9,11H,10H2,1-2H3,(H,19,24). The van der Waals surface area contributed by atoms with Gasteiger partial charge in [-0.3, -0.25) is 4.79 Å².